The SMILES string of the molecule is CC(C)CC(C)(COc1ccc(-c2ccnc3c2C(=O)N(C)C3)cc1Cl)NC(=O)OC(C)(C)C. The molecule has 0 radical (unpaired) electrons. The molecule has 2 amide bonds. The monoisotopic (exact) mass is 487 g/mol. The fourth-order valence-electron chi connectivity index (χ4n) is 4.21. The lowest BCUT2D eigenvalue weighted by atomic mass is 9.91. The molecule has 0 aliphatic carbocycles. The zero-order valence-corrected chi connectivity index (χ0v) is 21.7. The fraction of sp³-hybridized carbons (Fsp3) is 0.500. The number of carbonyl (C=O) groups excluding carboxylic acids is 2. The molecular weight excluding hydrogens is 454 g/mol. The minimum atomic E-state index is -0.651. The second-order valence-electron chi connectivity index (χ2n) is 10.6. The summed E-state index contributed by atoms with van der Waals surface area (Å²) in [6.45, 7) is 12.3. The van der Waals surface area contributed by atoms with E-state index in [9.17, 15) is 9.59 Å². The molecule has 0 fully saturated rings. The normalized spacial score (nSPS) is 15.2. The van der Waals surface area contributed by atoms with Crippen LogP contribution in [0.1, 0.15) is 64.0 Å². The van der Waals surface area contributed by atoms with Gasteiger partial charge in [-0.15, -0.1) is 0 Å². The number of hydrogen-bond acceptors (Lipinski definition) is 5. The third-order valence-electron chi connectivity index (χ3n) is 5.43. The Bertz CT molecular complexity index is 1080. The third kappa shape index (κ3) is 6.20. The van der Waals surface area contributed by atoms with Crippen LogP contribution in [0.25, 0.3) is 11.1 Å². The highest BCUT2D eigenvalue weighted by atomic mass is 35.5. The first kappa shape index (κ1) is 25.8. The van der Waals surface area contributed by atoms with Crippen molar-refractivity contribution < 1.29 is 19.1 Å². The van der Waals surface area contributed by atoms with Crippen molar-refractivity contribution >= 4 is 23.6 Å². The number of hydrogen-bond donors (Lipinski definition) is 1. The van der Waals surface area contributed by atoms with Gasteiger partial charge in [0.2, 0.25) is 0 Å². The number of rotatable bonds is 7. The van der Waals surface area contributed by atoms with Crippen molar-refractivity contribution in [1.29, 1.82) is 0 Å². The molecule has 1 atom stereocenters. The topological polar surface area (TPSA) is 80.8 Å². The summed E-state index contributed by atoms with van der Waals surface area (Å²) in [6, 6.07) is 7.28. The Morgan fingerprint density at radius 2 is 1.94 bits per heavy atom. The number of nitrogens with zero attached hydrogens (tertiary/aromatic N) is 2. The molecule has 184 valence electrons. The maximum absolute atomic E-state index is 12.6. The molecule has 2 heterocycles. The van der Waals surface area contributed by atoms with E-state index >= 15 is 0 Å². The smallest absolute Gasteiger partial charge is 0.408 e. The molecule has 1 aromatic carbocycles. The van der Waals surface area contributed by atoms with Crippen molar-refractivity contribution in [1.82, 2.24) is 15.2 Å². The van der Waals surface area contributed by atoms with Gasteiger partial charge in [0.25, 0.3) is 5.91 Å². The molecule has 1 unspecified atom stereocenters. The van der Waals surface area contributed by atoms with E-state index in [-0.39, 0.29) is 12.5 Å². The van der Waals surface area contributed by atoms with E-state index in [1.165, 1.54) is 0 Å². The summed E-state index contributed by atoms with van der Waals surface area (Å²) >= 11 is 6.57. The molecular formula is C26H34ClN3O4. The van der Waals surface area contributed by atoms with Gasteiger partial charge in [0.05, 0.1) is 28.4 Å². The zero-order chi connectivity index (χ0) is 25.3. The number of alkyl carbamates (subject to hydrolysis) is 1. The third-order valence-corrected chi connectivity index (χ3v) is 5.72. The lowest BCUT2D eigenvalue weighted by molar-refractivity contribution is 0.0408. The second kappa shape index (κ2) is 9.82. The molecule has 7 nitrogen and oxygen atoms in total. The lowest BCUT2D eigenvalue weighted by Gasteiger charge is -2.33. The van der Waals surface area contributed by atoms with Crippen LogP contribution in [0.3, 0.4) is 0 Å². The van der Waals surface area contributed by atoms with Crippen LogP contribution < -0.4 is 10.1 Å². The minimum Gasteiger partial charge on any atom is -0.490 e. The quantitative estimate of drug-likeness (QED) is 0.542. The molecule has 8 heteroatoms. The number of pyridine rings is 1. The van der Waals surface area contributed by atoms with E-state index < -0.39 is 17.2 Å². The number of nitrogens with one attached hydrogen (secondary N) is 1. The van der Waals surface area contributed by atoms with Crippen LogP contribution in [-0.4, -0.2) is 46.7 Å². The Balaban J connectivity index is 1.78. The van der Waals surface area contributed by atoms with E-state index in [1.807, 2.05) is 39.8 Å². The Morgan fingerprint density at radius 3 is 2.56 bits per heavy atom. The van der Waals surface area contributed by atoms with Crippen LogP contribution in [-0.2, 0) is 11.3 Å². The average molecular weight is 488 g/mol. The number of carbonyl (C=O) groups is 2. The number of aromatic nitrogens is 1. The van der Waals surface area contributed by atoms with Crippen LogP contribution in [0.4, 0.5) is 4.79 Å². The maximum atomic E-state index is 12.6. The summed E-state index contributed by atoms with van der Waals surface area (Å²) in [6.07, 6.45) is 1.92. The molecule has 1 aliphatic heterocycles. The minimum absolute atomic E-state index is 0.0489. The second-order valence-corrected chi connectivity index (χ2v) is 11.0. The molecule has 1 N–H and O–H groups in total. The predicted octanol–water partition coefficient (Wildman–Crippen LogP) is 5.70. The highest BCUT2D eigenvalue weighted by molar-refractivity contribution is 6.32. The standard InChI is InChI=1S/C26H34ClN3O4/c1-16(2)13-26(6,29-24(32)34-25(3,4)5)15-33-21-9-8-17(12-19(21)27)18-10-11-28-20-14-30(7)23(31)22(18)20/h8-12,16H,13-15H2,1-7H3,(H,29,32). The van der Waals surface area contributed by atoms with Gasteiger partial charge in [0, 0.05) is 13.2 Å². The largest absolute Gasteiger partial charge is 0.490 e. The van der Waals surface area contributed by atoms with E-state index in [2.05, 4.69) is 24.1 Å². The predicted molar refractivity (Wildman–Crippen MR) is 133 cm³/mol. The van der Waals surface area contributed by atoms with Gasteiger partial charge in [-0.2, -0.15) is 0 Å². The van der Waals surface area contributed by atoms with Crippen molar-refractivity contribution in [2.24, 2.45) is 5.92 Å². The summed E-state index contributed by atoms with van der Waals surface area (Å²) in [7, 11) is 1.76. The number of amides is 2. The Kier molecular flexibility index (Phi) is 7.46. The van der Waals surface area contributed by atoms with Gasteiger partial charge in [-0.05, 0) is 69.4 Å². The van der Waals surface area contributed by atoms with E-state index in [1.54, 1.807) is 30.3 Å². The fourth-order valence-corrected chi connectivity index (χ4v) is 4.45. The number of halogens is 1. The molecule has 3 rings (SSSR count). The zero-order valence-electron chi connectivity index (χ0n) is 21.0. The maximum Gasteiger partial charge on any atom is 0.408 e. The van der Waals surface area contributed by atoms with Crippen molar-refractivity contribution in [3.8, 4) is 16.9 Å². The molecule has 0 saturated heterocycles. The first-order valence-electron chi connectivity index (χ1n) is 11.5. The number of ether oxygens (including phenoxy) is 2. The molecule has 2 aromatic rings. The van der Waals surface area contributed by atoms with Crippen LogP contribution in [0.15, 0.2) is 30.5 Å². The molecule has 34 heavy (non-hydrogen) atoms. The molecule has 1 aromatic heterocycles. The van der Waals surface area contributed by atoms with Gasteiger partial charge in [0.15, 0.2) is 0 Å². The van der Waals surface area contributed by atoms with Gasteiger partial charge in [-0.25, -0.2) is 4.79 Å². The van der Waals surface area contributed by atoms with Gasteiger partial charge in [-0.3, -0.25) is 9.78 Å². The summed E-state index contributed by atoms with van der Waals surface area (Å²) < 4.78 is 11.5. The lowest BCUT2D eigenvalue weighted by Crippen LogP contribution is -2.52. The Hall–Kier alpha value is -2.80. The average Bonchev–Trinajstić information content (AvgIpc) is 2.98. The summed E-state index contributed by atoms with van der Waals surface area (Å²) in [5.41, 5.74) is 1.74. The highest BCUT2D eigenvalue weighted by Crippen LogP contribution is 2.35. The van der Waals surface area contributed by atoms with Crippen LogP contribution in [0.2, 0.25) is 5.02 Å². The molecule has 0 saturated carbocycles. The van der Waals surface area contributed by atoms with Gasteiger partial charge < -0.3 is 19.7 Å². The first-order chi connectivity index (χ1) is 15.8. The highest BCUT2D eigenvalue weighted by Gasteiger charge is 2.32. The van der Waals surface area contributed by atoms with Gasteiger partial charge in [-0.1, -0.05) is 31.5 Å². The molecule has 1 aliphatic rings. The Morgan fingerprint density at radius 1 is 1.24 bits per heavy atom. The van der Waals surface area contributed by atoms with E-state index in [0.717, 1.165) is 16.8 Å². The van der Waals surface area contributed by atoms with E-state index in [4.69, 9.17) is 21.1 Å². The van der Waals surface area contributed by atoms with Crippen LogP contribution in [0, 0.1) is 5.92 Å². The molecule has 0 bridgehead atoms. The van der Waals surface area contributed by atoms with Gasteiger partial charge in [0.1, 0.15) is 18.0 Å². The van der Waals surface area contributed by atoms with Crippen molar-refractivity contribution in [3.63, 3.8) is 0 Å². The summed E-state index contributed by atoms with van der Waals surface area (Å²) in [5, 5.41) is 3.39. The van der Waals surface area contributed by atoms with Gasteiger partial charge >= 0.3 is 6.09 Å². The number of benzene rings is 1. The summed E-state index contributed by atoms with van der Waals surface area (Å²) in [4.78, 5) is 31.0. The van der Waals surface area contributed by atoms with Crippen molar-refractivity contribution in [3.05, 3.63) is 46.7 Å². The first-order valence-corrected chi connectivity index (χ1v) is 11.8. The van der Waals surface area contributed by atoms with Crippen LogP contribution >= 0.6 is 11.6 Å². The van der Waals surface area contributed by atoms with Crippen molar-refractivity contribution in [2.75, 3.05) is 13.7 Å². The van der Waals surface area contributed by atoms with Crippen molar-refractivity contribution in [2.45, 2.75) is 65.6 Å². The van der Waals surface area contributed by atoms with Crippen LogP contribution in [0.5, 0.6) is 5.75 Å². The number of fused-ring (bicyclic) bond motifs is 1. The molecule has 0 spiro atoms. The van der Waals surface area contributed by atoms with E-state index in [0.29, 0.717) is 35.2 Å². The summed E-state index contributed by atoms with van der Waals surface area (Å²) in [5.74, 6) is 0.776. The Labute approximate surface area is 206 Å².